The van der Waals surface area contributed by atoms with Crippen molar-refractivity contribution < 1.29 is 4.79 Å². The zero-order valence-electron chi connectivity index (χ0n) is 14.2. The molecule has 0 unspecified atom stereocenters. The number of carbonyl (C=O) groups excluding carboxylic acids is 1. The highest BCUT2D eigenvalue weighted by molar-refractivity contribution is 5.74. The Hall–Kier alpha value is -3.22. The van der Waals surface area contributed by atoms with Gasteiger partial charge in [0.25, 0.3) is 0 Å². The topological polar surface area (TPSA) is 84.7 Å². The Morgan fingerprint density at radius 3 is 2.85 bits per heavy atom. The minimum Gasteiger partial charge on any atom is -0.338 e. The van der Waals surface area contributed by atoms with Crippen LogP contribution >= 0.6 is 0 Å². The summed E-state index contributed by atoms with van der Waals surface area (Å²) in [5.41, 5.74) is 2.23. The molecule has 1 aromatic carbocycles. The van der Waals surface area contributed by atoms with Crippen molar-refractivity contribution in [2.45, 2.75) is 18.9 Å². The van der Waals surface area contributed by atoms with Crippen molar-refractivity contribution in [3.05, 3.63) is 72.4 Å². The summed E-state index contributed by atoms with van der Waals surface area (Å²) in [5.74, 6) is 1.75. The lowest BCUT2D eigenvalue weighted by Crippen LogP contribution is -2.36. The predicted octanol–water partition coefficient (Wildman–Crippen LogP) is 2.27. The minimum absolute atomic E-state index is 0.169. The molecule has 4 rings (SSSR count). The van der Waals surface area contributed by atoms with Crippen molar-refractivity contribution in [2.75, 3.05) is 6.54 Å². The van der Waals surface area contributed by atoms with Gasteiger partial charge in [0.2, 0.25) is 0 Å². The van der Waals surface area contributed by atoms with E-state index >= 15 is 0 Å². The van der Waals surface area contributed by atoms with Gasteiger partial charge in [-0.2, -0.15) is 5.10 Å². The van der Waals surface area contributed by atoms with Gasteiger partial charge in [0, 0.05) is 24.8 Å². The van der Waals surface area contributed by atoms with Crippen molar-refractivity contribution in [1.29, 1.82) is 0 Å². The van der Waals surface area contributed by atoms with Crippen molar-refractivity contribution >= 4 is 6.03 Å². The number of carbonyl (C=O) groups is 1. The van der Waals surface area contributed by atoms with Crippen molar-refractivity contribution in [3.63, 3.8) is 0 Å². The van der Waals surface area contributed by atoms with E-state index in [1.807, 2.05) is 18.2 Å². The Morgan fingerprint density at radius 2 is 2.04 bits per heavy atom. The summed E-state index contributed by atoms with van der Waals surface area (Å²) in [5, 5.41) is 9.94. The van der Waals surface area contributed by atoms with E-state index in [4.69, 9.17) is 0 Å². The lowest BCUT2D eigenvalue weighted by Gasteiger charge is -2.10. The van der Waals surface area contributed by atoms with E-state index in [2.05, 4.69) is 50.0 Å². The largest absolute Gasteiger partial charge is 0.338 e. The number of nitrogens with zero attached hydrogens (tertiary/aromatic N) is 4. The quantitative estimate of drug-likeness (QED) is 0.716. The number of amides is 2. The Labute approximate surface area is 151 Å². The second kappa shape index (κ2) is 7.35. The van der Waals surface area contributed by atoms with Gasteiger partial charge in [-0.05, 0) is 29.9 Å². The summed E-state index contributed by atoms with van der Waals surface area (Å²) in [6.07, 6.45) is 5.86. The fraction of sp³-hybridized carbons (Fsp3) is 0.263. The van der Waals surface area contributed by atoms with E-state index < -0.39 is 0 Å². The molecule has 1 aliphatic carbocycles. The average molecular weight is 348 g/mol. The monoisotopic (exact) mass is 348 g/mol. The molecule has 2 heterocycles. The van der Waals surface area contributed by atoms with Crippen LogP contribution in [0.15, 0.2) is 61.3 Å². The van der Waals surface area contributed by atoms with Crippen LogP contribution < -0.4 is 10.6 Å². The number of aromatic nitrogens is 4. The Morgan fingerprint density at radius 1 is 1.15 bits per heavy atom. The van der Waals surface area contributed by atoms with Gasteiger partial charge in [-0.3, -0.25) is 0 Å². The van der Waals surface area contributed by atoms with Gasteiger partial charge in [-0.25, -0.2) is 19.4 Å². The molecule has 132 valence electrons. The second-order valence-electron chi connectivity index (χ2n) is 6.40. The molecule has 1 fully saturated rings. The molecule has 3 aromatic rings. The van der Waals surface area contributed by atoms with Gasteiger partial charge in [0.1, 0.15) is 12.7 Å². The number of nitrogens with one attached hydrogen (secondary N) is 2. The van der Waals surface area contributed by atoms with Crippen LogP contribution in [0, 0.1) is 5.92 Å². The molecule has 7 nitrogen and oxygen atoms in total. The predicted molar refractivity (Wildman–Crippen MR) is 96.7 cm³/mol. The highest BCUT2D eigenvalue weighted by atomic mass is 16.2. The summed E-state index contributed by atoms with van der Waals surface area (Å²) in [7, 11) is 0. The van der Waals surface area contributed by atoms with Crippen LogP contribution in [0.4, 0.5) is 4.79 Å². The van der Waals surface area contributed by atoms with Gasteiger partial charge in [-0.1, -0.05) is 36.4 Å². The van der Waals surface area contributed by atoms with E-state index in [0.717, 1.165) is 12.0 Å². The maximum atomic E-state index is 12.1. The summed E-state index contributed by atoms with van der Waals surface area (Å²) < 4.78 is 1.59. The maximum Gasteiger partial charge on any atom is 0.315 e. The molecule has 2 N–H and O–H groups in total. The number of pyridine rings is 1. The highest BCUT2D eigenvalue weighted by Gasteiger charge is 2.37. The highest BCUT2D eigenvalue weighted by Crippen LogP contribution is 2.46. The molecule has 2 atom stereocenters. The van der Waals surface area contributed by atoms with Gasteiger partial charge in [-0.15, -0.1) is 0 Å². The van der Waals surface area contributed by atoms with Gasteiger partial charge >= 0.3 is 6.03 Å². The first-order valence-corrected chi connectivity index (χ1v) is 8.67. The standard InChI is InChI=1S/C19H20N6O/c26-19(23-11-16-9-17(16)14-5-2-1-3-6-14)22-10-15-7-4-8-21-18(15)25-13-20-12-24-25/h1-8,12-13,16-17H,9-11H2,(H2,22,23,26)/t16-,17-/m1/s1. The molecule has 26 heavy (non-hydrogen) atoms. The molecule has 2 amide bonds. The molecule has 7 heteroatoms. The maximum absolute atomic E-state index is 12.1. The lowest BCUT2D eigenvalue weighted by molar-refractivity contribution is 0.240. The van der Waals surface area contributed by atoms with E-state index in [0.29, 0.717) is 30.7 Å². The van der Waals surface area contributed by atoms with Crippen molar-refractivity contribution in [2.24, 2.45) is 5.92 Å². The smallest absolute Gasteiger partial charge is 0.315 e. The van der Waals surface area contributed by atoms with Gasteiger partial charge in [0.15, 0.2) is 5.82 Å². The summed E-state index contributed by atoms with van der Waals surface area (Å²) >= 11 is 0. The third-order valence-corrected chi connectivity index (χ3v) is 4.62. The molecule has 1 aliphatic rings. The lowest BCUT2D eigenvalue weighted by atomic mass is 10.1. The number of rotatable bonds is 6. The Bertz CT molecular complexity index is 865. The average Bonchev–Trinajstić information content (AvgIpc) is 3.27. The summed E-state index contributed by atoms with van der Waals surface area (Å²) in [6, 6.07) is 14.0. The normalized spacial score (nSPS) is 18.3. The van der Waals surface area contributed by atoms with Crippen LogP contribution in [0.3, 0.4) is 0 Å². The third-order valence-electron chi connectivity index (χ3n) is 4.62. The van der Waals surface area contributed by atoms with Crippen LogP contribution in [0.5, 0.6) is 0 Å². The van der Waals surface area contributed by atoms with Crippen molar-refractivity contribution in [3.8, 4) is 5.82 Å². The molecular formula is C19H20N6O. The Balaban J connectivity index is 1.27. The van der Waals surface area contributed by atoms with Gasteiger partial charge in [0.05, 0.1) is 0 Å². The molecule has 0 bridgehead atoms. The van der Waals surface area contributed by atoms with Crippen LogP contribution in [0.2, 0.25) is 0 Å². The first-order chi connectivity index (χ1) is 12.8. The summed E-state index contributed by atoms with van der Waals surface area (Å²) in [4.78, 5) is 20.4. The number of urea groups is 1. The zero-order chi connectivity index (χ0) is 17.8. The van der Waals surface area contributed by atoms with E-state index in [1.165, 1.54) is 11.9 Å². The fourth-order valence-corrected chi connectivity index (χ4v) is 3.14. The molecule has 0 saturated heterocycles. The van der Waals surface area contributed by atoms with E-state index in [9.17, 15) is 4.79 Å². The molecule has 0 radical (unpaired) electrons. The van der Waals surface area contributed by atoms with Crippen LogP contribution in [0.25, 0.3) is 5.82 Å². The molecule has 1 saturated carbocycles. The minimum atomic E-state index is -0.169. The summed E-state index contributed by atoms with van der Waals surface area (Å²) in [6.45, 7) is 1.07. The molecular weight excluding hydrogens is 328 g/mol. The first-order valence-electron chi connectivity index (χ1n) is 8.67. The molecule has 0 spiro atoms. The second-order valence-corrected chi connectivity index (χ2v) is 6.40. The van der Waals surface area contributed by atoms with Gasteiger partial charge < -0.3 is 10.6 Å². The first kappa shape index (κ1) is 16.3. The number of hydrogen-bond acceptors (Lipinski definition) is 4. The number of hydrogen-bond donors (Lipinski definition) is 2. The number of benzene rings is 1. The Kier molecular flexibility index (Phi) is 4.59. The van der Waals surface area contributed by atoms with Crippen LogP contribution in [-0.2, 0) is 6.54 Å². The molecule has 2 aromatic heterocycles. The van der Waals surface area contributed by atoms with E-state index in [-0.39, 0.29) is 6.03 Å². The molecule has 0 aliphatic heterocycles. The van der Waals surface area contributed by atoms with Crippen LogP contribution in [0.1, 0.15) is 23.5 Å². The van der Waals surface area contributed by atoms with Crippen LogP contribution in [-0.4, -0.2) is 32.3 Å². The van der Waals surface area contributed by atoms with E-state index in [1.54, 1.807) is 17.2 Å². The fourth-order valence-electron chi connectivity index (χ4n) is 3.14. The SMILES string of the molecule is O=C(NCc1cccnc1-n1cncn1)NC[C@H]1C[C@@H]1c1ccccc1. The zero-order valence-corrected chi connectivity index (χ0v) is 14.2. The third kappa shape index (κ3) is 3.72. The van der Waals surface area contributed by atoms with Crippen molar-refractivity contribution in [1.82, 2.24) is 30.4 Å².